The Morgan fingerprint density at radius 2 is 1.86 bits per heavy atom. The quantitative estimate of drug-likeness (QED) is 0.241. The van der Waals surface area contributed by atoms with Crippen LogP contribution in [0.15, 0.2) is 21.7 Å². The number of rotatable bonds is 6. The summed E-state index contributed by atoms with van der Waals surface area (Å²) in [6, 6.07) is 2.67. The van der Waals surface area contributed by atoms with E-state index in [0.717, 1.165) is 4.57 Å². The van der Waals surface area contributed by atoms with E-state index in [4.69, 9.17) is 5.11 Å². The van der Waals surface area contributed by atoms with E-state index in [1.165, 1.54) is 12.1 Å². The molecule has 0 amide bonds. The standard InChI is InChI=1S/C17H18N4O8/c1-6-2-8-9(3-7(6)16(27)28)21(4-10(23)13(25)11(24)5-22)14-12(18-8)15(26)20-17(29)19-14/h2-3,10-11,13,22-25H,4-5H2,1H3,(H,27,28)(H,20,26,29)/t10-,11+,13+/m0/s1. The van der Waals surface area contributed by atoms with Gasteiger partial charge in [-0.1, -0.05) is 0 Å². The molecule has 2 aliphatic rings. The second kappa shape index (κ2) is 7.67. The van der Waals surface area contributed by atoms with Gasteiger partial charge in [-0.2, -0.15) is 4.98 Å². The Morgan fingerprint density at radius 3 is 2.48 bits per heavy atom. The Hall–Kier alpha value is -3.19. The first kappa shape index (κ1) is 20.5. The molecule has 154 valence electrons. The number of carboxylic acid groups (broad SMARTS) is 1. The summed E-state index contributed by atoms with van der Waals surface area (Å²) in [4.78, 5) is 45.2. The van der Waals surface area contributed by atoms with Gasteiger partial charge in [0.25, 0.3) is 5.56 Å². The number of aliphatic hydroxyl groups is 4. The van der Waals surface area contributed by atoms with Crippen LogP contribution in [-0.4, -0.2) is 75.9 Å². The number of nitrogens with zero attached hydrogens (tertiary/aromatic N) is 3. The van der Waals surface area contributed by atoms with Crippen LogP contribution < -0.4 is 11.2 Å². The van der Waals surface area contributed by atoms with E-state index in [1.54, 1.807) is 6.92 Å². The highest BCUT2D eigenvalue weighted by molar-refractivity contribution is 5.94. The highest BCUT2D eigenvalue weighted by atomic mass is 16.4. The van der Waals surface area contributed by atoms with Gasteiger partial charge >= 0.3 is 11.7 Å². The molecule has 0 unspecified atom stereocenters. The Morgan fingerprint density at radius 1 is 1.17 bits per heavy atom. The monoisotopic (exact) mass is 406 g/mol. The first-order valence-electron chi connectivity index (χ1n) is 8.47. The molecule has 0 radical (unpaired) electrons. The summed E-state index contributed by atoms with van der Waals surface area (Å²) in [6.45, 7) is 0.246. The van der Waals surface area contributed by atoms with E-state index < -0.39 is 48.7 Å². The molecule has 3 rings (SSSR count). The SMILES string of the molecule is Cc1cc2nc3c(=O)[nH]c(=O)nc-3n(C[C@H](O)[C@@H](O)[C@H](O)CO)c2cc1C(=O)O. The highest BCUT2D eigenvalue weighted by Gasteiger charge is 2.28. The topological polar surface area (TPSA) is 199 Å². The summed E-state index contributed by atoms with van der Waals surface area (Å²) < 4.78 is 1.16. The Balaban J connectivity index is 2.33. The summed E-state index contributed by atoms with van der Waals surface area (Å²) in [5.74, 6) is -1.47. The molecule has 0 aromatic heterocycles. The fraction of sp³-hybridized carbons (Fsp3) is 0.353. The van der Waals surface area contributed by atoms with Crippen LogP contribution in [0, 0.1) is 6.92 Å². The number of fused-ring (bicyclic) bond motifs is 2. The second-order valence-corrected chi connectivity index (χ2v) is 6.53. The van der Waals surface area contributed by atoms with Gasteiger partial charge in [-0.3, -0.25) is 9.78 Å². The summed E-state index contributed by atoms with van der Waals surface area (Å²) in [7, 11) is 0. The van der Waals surface area contributed by atoms with E-state index in [0.29, 0.717) is 5.56 Å². The number of aliphatic hydroxyl groups excluding tert-OH is 4. The average Bonchev–Trinajstić information content (AvgIpc) is 2.66. The van der Waals surface area contributed by atoms with Gasteiger partial charge in [0.2, 0.25) is 0 Å². The van der Waals surface area contributed by atoms with Crippen LogP contribution >= 0.6 is 0 Å². The molecule has 0 fully saturated rings. The van der Waals surface area contributed by atoms with E-state index in [9.17, 15) is 34.8 Å². The van der Waals surface area contributed by atoms with Crippen LogP contribution in [0.25, 0.3) is 22.6 Å². The molecule has 2 aliphatic heterocycles. The molecule has 0 spiro atoms. The van der Waals surface area contributed by atoms with Crippen LogP contribution in [0.3, 0.4) is 0 Å². The van der Waals surface area contributed by atoms with Crippen LogP contribution in [0.1, 0.15) is 15.9 Å². The third-order valence-corrected chi connectivity index (χ3v) is 4.53. The fourth-order valence-electron chi connectivity index (χ4n) is 3.02. The number of benzene rings is 1. The lowest BCUT2D eigenvalue weighted by molar-refractivity contribution is -0.0802. The number of hydrogen-bond donors (Lipinski definition) is 6. The largest absolute Gasteiger partial charge is 0.478 e. The number of aromatic nitrogens is 4. The number of aryl methyl sites for hydroxylation is 1. The van der Waals surface area contributed by atoms with Gasteiger partial charge < -0.3 is 30.1 Å². The third-order valence-electron chi connectivity index (χ3n) is 4.53. The van der Waals surface area contributed by atoms with Gasteiger partial charge in [-0.25, -0.2) is 14.6 Å². The van der Waals surface area contributed by atoms with Gasteiger partial charge in [0.05, 0.1) is 29.7 Å². The summed E-state index contributed by atoms with van der Waals surface area (Å²) in [6.07, 6.45) is -5.06. The minimum Gasteiger partial charge on any atom is -0.478 e. The zero-order valence-electron chi connectivity index (χ0n) is 15.1. The van der Waals surface area contributed by atoms with E-state index in [1.807, 2.05) is 4.98 Å². The van der Waals surface area contributed by atoms with Crippen molar-refractivity contribution in [3.8, 4) is 11.5 Å². The van der Waals surface area contributed by atoms with Crippen molar-refractivity contribution < 1.29 is 30.3 Å². The van der Waals surface area contributed by atoms with Gasteiger partial charge in [0.1, 0.15) is 18.3 Å². The van der Waals surface area contributed by atoms with Crippen molar-refractivity contribution in [2.24, 2.45) is 0 Å². The summed E-state index contributed by atoms with van der Waals surface area (Å²) in [5.41, 5.74) is -1.44. The molecule has 29 heavy (non-hydrogen) atoms. The Kier molecular flexibility index (Phi) is 5.44. The van der Waals surface area contributed by atoms with Crippen molar-refractivity contribution in [2.45, 2.75) is 31.8 Å². The van der Waals surface area contributed by atoms with Crippen LogP contribution in [0.4, 0.5) is 0 Å². The number of carboxylic acids is 1. The molecule has 0 aliphatic carbocycles. The summed E-state index contributed by atoms with van der Waals surface area (Å²) >= 11 is 0. The van der Waals surface area contributed by atoms with Crippen LogP contribution in [0.2, 0.25) is 0 Å². The maximum Gasteiger partial charge on any atom is 0.349 e. The molecule has 0 saturated heterocycles. The minimum atomic E-state index is -1.76. The Bertz CT molecular complexity index is 1170. The molecule has 6 N–H and O–H groups in total. The molecule has 0 saturated carbocycles. The molecular weight excluding hydrogens is 388 g/mol. The van der Waals surface area contributed by atoms with Crippen molar-refractivity contribution in [3.63, 3.8) is 0 Å². The molecule has 3 atom stereocenters. The zero-order chi connectivity index (χ0) is 21.5. The normalized spacial score (nSPS) is 14.8. The van der Waals surface area contributed by atoms with Gasteiger partial charge in [-0.15, -0.1) is 0 Å². The number of carbonyl (C=O) groups is 1. The van der Waals surface area contributed by atoms with Crippen molar-refractivity contribution in [1.82, 2.24) is 19.5 Å². The predicted molar refractivity (Wildman–Crippen MR) is 97.8 cm³/mol. The fourth-order valence-corrected chi connectivity index (χ4v) is 3.02. The number of aromatic carboxylic acids is 1. The van der Waals surface area contributed by atoms with Crippen molar-refractivity contribution in [3.05, 3.63) is 44.1 Å². The molecule has 1 aromatic rings. The van der Waals surface area contributed by atoms with Gasteiger partial charge in [0, 0.05) is 0 Å². The van der Waals surface area contributed by atoms with E-state index in [-0.39, 0.29) is 28.1 Å². The molecular formula is C17H18N4O8. The molecule has 1 aromatic carbocycles. The van der Waals surface area contributed by atoms with E-state index >= 15 is 0 Å². The van der Waals surface area contributed by atoms with Gasteiger partial charge in [0.15, 0.2) is 11.5 Å². The van der Waals surface area contributed by atoms with Crippen LogP contribution in [-0.2, 0) is 6.54 Å². The van der Waals surface area contributed by atoms with Crippen molar-refractivity contribution in [1.29, 1.82) is 0 Å². The first-order chi connectivity index (χ1) is 13.6. The van der Waals surface area contributed by atoms with Crippen molar-refractivity contribution in [2.75, 3.05) is 6.61 Å². The number of H-pyrrole nitrogens is 1. The smallest absolute Gasteiger partial charge is 0.349 e. The minimum absolute atomic E-state index is 0.0787. The van der Waals surface area contributed by atoms with Gasteiger partial charge in [-0.05, 0) is 24.6 Å². The van der Waals surface area contributed by atoms with Crippen LogP contribution in [0.5, 0.6) is 0 Å². The zero-order valence-corrected chi connectivity index (χ0v) is 15.1. The highest BCUT2D eigenvalue weighted by Crippen LogP contribution is 2.25. The number of nitrogens with one attached hydrogen (secondary N) is 1. The molecule has 12 nitrogen and oxygen atoms in total. The lowest BCUT2D eigenvalue weighted by atomic mass is 10.1. The number of aromatic amines is 1. The van der Waals surface area contributed by atoms with E-state index in [2.05, 4.69) is 9.97 Å². The summed E-state index contributed by atoms with van der Waals surface area (Å²) in [5, 5.41) is 48.2. The number of hydrogen-bond acceptors (Lipinski definition) is 9. The lowest BCUT2D eigenvalue weighted by Gasteiger charge is -2.25. The maximum absolute atomic E-state index is 12.2. The molecule has 0 bridgehead atoms. The lowest BCUT2D eigenvalue weighted by Crippen LogP contribution is -2.42. The molecule has 12 heteroatoms. The first-order valence-corrected chi connectivity index (χ1v) is 8.47. The Labute approximate surface area is 161 Å². The maximum atomic E-state index is 12.2. The average molecular weight is 406 g/mol. The third kappa shape index (κ3) is 3.73. The second-order valence-electron chi connectivity index (χ2n) is 6.53. The predicted octanol–water partition coefficient (Wildman–Crippen LogP) is -2.33. The van der Waals surface area contributed by atoms with Crippen molar-refractivity contribution >= 4 is 17.0 Å². The molecule has 2 heterocycles.